The third kappa shape index (κ3) is 11.0. The summed E-state index contributed by atoms with van der Waals surface area (Å²) < 4.78 is 7.21. The van der Waals surface area contributed by atoms with Gasteiger partial charge in [0.15, 0.2) is 12.4 Å². The summed E-state index contributed by atoms with van der Waals surface area (Å²) in [5, 5.41) is 0. The van der Waals surface area contributed by atoms with Crippen LogP contribution in [0.5, 0.6) is 0 Å². The smallest absolute Gasteiger partial charge is 0.234 e. The highest BCUT2D eigenvalue weighted by Crippen LogP contribution is 2.11. The minimum atomic E-state index is 1.14. The molecule has 0 saturated heterocycles. The maximum absolute atomic E-state index is 2.46. The molecule has 0 aliphatic carbocycles. The van der Waals surface area contributed by atoms with Crippen molar-refractivity contribution in [2.24, 2.45) is 0 Å². The van der Waals surface area contributed by atoms with E-state index < -0.39 is 0 Å². The molecule has 31 heavy (non-hydrogen) atoms. The lowest BCUT2D eigenvalue weighted by molar-refractivity contribution is -0.702. The summed E-state index contributed by atoms with van der Waals surface area (Å²) in [5.41, 5.74) is 1.34. The highest BCUT2D eigenvalue weighted by molar-refractivity contribution is 5.03. The lowest BCUT2D eigenvalue weighted by Crippen LogP contribution is -2.35. The number of pyridine rings is 1. The van der Waals surface area contributed by atoms with Gasteiger partial charge in [0.25, 0.3) is 5.82 Å². The lowest BCUT2D eigenvalue weighted by atomic mass is 10.1. The third-order valence-electron chi connectivity index (χ3n) is 6.63. The quantitative estimate of drug-likeness (QED) is 0.182. The van der Waals surface area contributed by atoms with Crippen LogP contribution in [0.25, 0.3) is 0 Å². The molecule has 0 aliphatic heterocycles. The van der Waals surface area contributed by atoms with Crippen molar-refractivity contribution in [3.8, 4) is 0 Å². The van der Waals surface area contributed by atoms with Gasteiger partial charge in [0, 0.05) is 25.5 Å². The lowest BCUT2D eigenvalue weighted by Gasteiger charge is -2.03. The molecule has 2 aromatic heterocycles. The van der Waals surface area contributed by atoms with Crippen LogP contribution >= 0.6 is 0 Å². The Morgan fingerprint density at radius 3 is 1.84 bits per heavy atom. The van der Waals surface area contributed by atoms with Crippen LogP contribution in [0.1, 0.15) is 108 Å². The second-order valence-corrected chi connectivity index (χ2v) is 9.44. The van der Waals surface area contributed by atoms with Gasteiger partial charge in [0.2, 0.25) is 0 Å². The number of unbranched alkanes of at least 4 members (excludes halogenated alkanes) is 12. The van der Waals surface area contributed by atoms with E-state index in [4.69, 9.17) is 0 Å². The summed E-state index contributed by atoms with van der Waals surface area (Å²) in [7, 11) is 0. The summed E-state index contributed by atoms with van der Waals surface area (Å²) >= 11 is 0. The largest absolute Gasteiger partial charge is 0.253 e. The van der Waals surface area contributed by atoms with Gasteiger partial charge in [-0.15, -0.1) is 0 Å². The monoisotopic (exact) mass is 427 g/mol. The van der Waals surface area contributed by atoms with Crippen molar-refractivity contribution in [1.82, 2.24) is 4.57 Å². The molecule has 2 rings (SSSR count). The molecule has 2 heterocycles. The maximum Gasteiger partial charge on any atom is 0.253 e. The SMILES string of the molecule is CCCCCCCCCCCC[n+]1ccn(CCCCCC[n+]2ccc(C)cc2)c1C. The predicted molar refractivity (Wildman–Crippen MR) is 131 cm³/mol. The van der Waals surface area contributed by atoms with E-state index in [1.54, 1.807) is 0 Å². The molecule has 2 aromatic rings. The summed E-state index contributed by atoms with van der Waals surface area (Å²) in [6.07, 6.45) is 28.3. The summed E-state index contributed by atoms with van der Waals surface area (Å²) in [6.45, 7) is 10.2. The van der Waals surface area contributed by atoms with E-state index in [2.05, 4.69) is 71.4 Å². The highest BCUT2D eigenvalue weighted by atomic mass is 15.1. The van der Waals surface area contributed by atoms with Gasteiger partial charge in [0.1, 0.15) is 18.9 Å². The van der Waals surface area contributed by atoms with E-state index >= 15 is 0 Å². The first-order valence-corrected chi connectivity index (χ1v) is 13.2. The Morgan fingerprint density at radius 2 is 1.19 bits per heavy atom. The Morgan fingerprint density at radius 1 is 0.645 bits per heavy atom. The maximum atomic E-state index is 2.46. The van der Waals surface area contributed by atoms with Crippen LogP contribution in [0.2, 0.25) is 0 Å². The van der Waals surface area contributed by atoms with Crippen molar-refractivity contribution in [3.05, 3.63) is 48.3 Å². The molecule has 174 valence electrons. The van der Waals surface area contributed by atoms with E-state index in [1.165, 1.54) is 108 Å². The van der Waals surface area contributed by atoms with Crippen molar-refractivity contribution < 1.29 is 9.13 Å². The predicted octanol–water partition coefficient (Wildman–Crippen LogP) is 6.86. The molecule has 0 spiro atoms. The standard InChI is InChI=1S/C28H49N3/c1-4-5-6-7-8-9-10-11-12-16-21-30-25-26-31(28(30)3)22-17-14-13-15-20-29-23-18-27(2)19-24-29/h18-19,23-26H,4-17,20-22H2,1-3H3/q+2. The number of aromatic nitrogens is 3. The zero-order chi connectivity index (χ0) is 22.2. The minimum Gasteiger partial charge on any atom is -0.234 e. The van der Waals surface area contributed by atoms with Gasteiger partial charge in [-0.2, -0.15) is 0 Å². The first-order chi connectivity index (χ1) is 15.2. The number of nitrogens with zero attached hydrogens (tertiary/aromatic N) is 3. The first kappa shape index (κ1) is 25.6. The number of hydrogen-bond acceptors (Lipinski definition) is 0. The Hall–Kier alpha value is -1.64. The van der Waals surface area contributed by atoms with E-state index in [-0.39, 0.29) is 0 Å². The van der Waals surface area contributed by atoms with Crippen LogP contribution in [0.4, 0.5) is 0 Å². The zero-order valence-electron chi connectivity index (χ0n) is 20.8. The van der Waals surface area contributed by atoms with Crippen LogP contribution in [0.15, 0.2) is 36.9 Å². The Balaban J connectivity index is 1.48. The topological polar surface area (TPSA) is 12.7 Å². The molecule has 0 aliphatic rings. The molecule has 0 atom stereocenters. The summed E-state index contributed by atoms with van der Waals surface area (Å²) in [4.78, 5) is 0. The van der Waals surface area contributed by atoms with Gasteiger partial charge in [0.05, 0.1) is 13.1 Å². The number of aryl methyl sites for hydroxylation is 4. The average molecular weight is 428 g/mol. The Kier molecular flexibility index (Phi) is 13.3. The molecule has 0 bridgehead atoms. The Labute approximate surface area is 192 Å². The van der Waals surface area contributed by atoms with Crippen molar-refractivity contribution in [3.63, 3.8) is 0 Å². The molecule has 3 heteroatoms. The third-order valence-corrected chi connectivity index (χ3v) is 6.63. The van der Waals surface area contributed by atoms with Gasteiger partial charge in [-0.25, -0.2) is 13.7 Å². The number of rotatable bonds is 18. The van der Waals surface area contributed by atoms with E-state index in [9.17, 15) is 0 Å². The van der Waals surface area contributed by atoms with Gasteiger partial charge in [-0.05, 0) is 44.6 Å². The molecule has 0 radical (unpaired) electrons. The second-order valence-electron chi connectivity index (χ2n) is 9.44. The van der Waals surface area contributed by atoms with Crippen LogP contribution in [0, 0.1) is 13.8 Å². The fourth-order valence-corrected chi connectivity index (χ4v) is 4.39. The normalized spacial score (nSPS) is 11.3. The summed E-state index contributed by atoms with van der Waals surface area (Å²) in [5.74, 6) is 1.42. The van der Waals surface area contributed by atoms with Crippen LogP contribution in [0.3, 0.4) is 0 Å². The van der Waals surface area contributed by atoms with Crippen molar-refractivity contribution in [2.45, 2.75) is 130 Å². The second kappa shape index (κ2) is 16.1. The van der Waals surface area contributed by atoms with Gasteiger partial charge >= 0.3 is 0 Å². The molecule has 0 unspecified atom stereocenters. The molecule has 0 amide bonds. The van der Waals surface area contributed by atoms with Crippen molar-refractivity contribution in [2.75, 3.05) is 0 Å². The molecule has 0 saturated carbocycles. The fraction of sp³-hybridized carbons (Fsp3) is 0.714. The van der Waals surface area contributed by atoms with Crippen LogP contribution in [-0.4, -0.2) is 4.57 Å². The molecule has 3 nitrogen and oxygen atoms in total. The van der Waals surface area contributed by atoms with E-state index in [0.29, 0.717) is 0 Å². The molecular formula is C28H49N3+2. The summed E-state index contributed by atoms with van der Waals surface area (Å²) in [6, 6.07) is 4.39. The fourth-order valence-electron chi connectivity index (χ4n) is 4.39. The van der Waals surface area contributed by atoms with Crippen molar-refractivity contribution in [1.29, 1.82) is 0 Å². The highest BCUT2D eigenvalue weighted by Gasteiger charge is 2.11. The minimum absolute atomic E-state index is 1.14. The average Bonchev–Trinajstić information content (AvgIpc) is 3.12. The zero-order valence-corrected chi connectivity index (χ0v) is 20.8. The van der Waals surface area contributed by atoms with Crippen LogP contribution < -0.4 is 9.13 Å². The first-order valence-electron chi connectivity index (χ1n) is 13.2. The molecule has 0 fully saturated rings. The molecule has 0 aromatic carbocycles. The van der Waals surface area contributed by atoms with Crippen molar-refractivity contribution >= 4 is 0 Å². The number of imidazole rings is 1. The van der Waals surface area contributed by atoms with Crippen LogP contribution in [-0.2, 0) is 19.6 Å². The molecule has 0 N–H and O–H groups in total. The number of hydrogen-bond donors (Lipinski definition) is 0. The van der Waals surface area contributed by atoms with Gasteiger partial charge in [-0.3, -0.25) is 0 Å². The van der Waals surface area contributed by atoms with E-state index in [1.807, 2.05) is 0 Å². The Bertz CT molecular complexity index is 687. The van der Waals surface area contributed by atoms with E-state index in [0.717, 1.165) is 13.1 Å². The molecular weight excluding hydrogens is 378 g/mol. The van der Waals surface area contributed by atoms with Gasteiger partial charge < -0.3 is 0 Å². The van der Waals surface area contributed by atoms with Gasteiger partial charge in [-0.1, -0.05) is 58.3 Å².